The molecule has 1 fully saturated rings. The highest BCUT2D eigenvalue weighted by molar-refractivity contribution is 7.89. The number of aromatic nitrogens is 2. The van der Waals surface area contributed by atoms with Crippen molar-refractivity contribution in [2.45, 2.75) is 37.1 Å². The zero-order valence-electron chi connectivity index (χ0n) is 10.3. The van der Waals surface area contributed by atoms with E-state index in [4.69, 9.17) is 5.14 Å². The summed E-state index contributed by atoms with van der Waals surface area (Å²) < 4.78 is 22.9. The van der Waals surface area contributed by atoms with Crippen molar-refractivity contribution >= 4 is 15.9 Å². The lowest BCUT2D eigenvalue weighted by molar-refractivity contribution is 0.0642. The molecule has 1 heterocycles. The summed E-state index contributed by atoms with van der Waals surface area (Å²) in [7, 11) is -2.30. The third-order valence-corrected chi connectivity index (χ3v) is 4.39. The van der Waals surface area contributed by atoms with Crippen molar-refractivity contribution in [3.05, 3.63) is 11.4 Å². The normalized spacial score (nSPS) is 16.4. The molecule has 1 aromatic rings. The van der Waals surface area contributed by atoms with E-state index < -0.39 is 15.9 Å². The molecule has 1 saturated carbocycles. The smallest absolute Gasteiger partial charge is 0.275 e. The van der Waals surface area contributed by atoms with Crippen LogP contribution in [0.3, 0.4) is 0 Å². The van der Waals surface area contributed by atoms with Gasteiger partial charge in [0.2, 0.25) is 10.0 Å². The van der Waals surface area contributed by atoms with E-state index in [1.807, 2.05) is 0 Å². The fourth-order valence-corrected chi connectivity index (χ4v) is 2.89. The van der Waals surface area contributed by atoms with Crippen LogP contribution in [-0.4, -0.2) is 42.5 Å². The Bertz CT molecular complexity index is 574. The van der Waals surface area contributed by atoms with Crippen LogP contribution in [0.4, 0.5) is 0 Å². The third kappa shape index (κ3) is 2.13. The minimum atomic E-state index is -3.96. The molecule has 0 spiro atoms. The van der Waals surface area contributed by atoms with Gasteiger partial charge < -0.3 is 4.90 Å². The lowest BCUT2D eigenvalue weighted by Gasteiger charge is -2.34. The Morgan fingerprint density at radius 3 is 2.56 bits per heavy atom. The highest BCUT2D eigenvalue weighted by Gasteiger charge is 2.32. The summed E-state index contributed by atoms with van der Waals surface area (Å²) in [5.74, 6) is -0.409. The summed E-state index contributed by atoms with van der Waals surface area (Å²) in [4.78, 5) is 13.5. The summed E-state index contributed by atoms with van der Waals surface area (Å²) in [6.45, 7) is 1.52. The first-order valence-electron chi connectivity index (χ1n) is 5.67. The Morgan fingerprint density at radius 1 is 1.50 bits per heavy atom. The number of primary sulfonamides is 1. The topological polar surface area (TPSA) is 109 Å². The first kappa shape index (κ1) is 13.0. The molecule has 0 bridgehead atoms. The van der Waals surface area contributed by atoms with Gasteiger partial charge in [0.15, 0.2) is 5.69 Å². The van der Waals surface area contributed by atoms with E-state index in [0.29, 0.717) is 0 Å². The molecule has 0 aliphatic heterocycles. The second-order valence-corrected chi connectivity index (χ2v) is 6.07. The number of aryl methyl sites for hydroxylation is 1. The molecule has 0 saturated heterocycles. The summed E-state index contributed by atoms with van der Waals surface area (Å²) in [6, 6.07) is 0.169. The van der Waals surface area contributed by atoms with Gasteiger partial charge in [-0.15, -0.1) is 0 Å². The lowest BCUT2D eigenvalue weighted by atomic mass is 9.92. The van der Waals surface area contributed by atoms with Crippen LogP contribution < -0.4 is 5.14 Å². The number of amides is 1. The molecule has 100 valence electrons. The van der Waals surface area contributed by atoms with Gasteiger partial charge in [-0.2, -0.15) is 5.10 Å². The standard InChI is InChI=1S/C10H16N4O3S/c1-6-9(18(11,16)17)8(13-12-6)10(15)14(2)7-4-3-5-7/h7H,3-5H2,1-2H3,(H,12,13)(H2,11,16,17). The average molecular weight is 272 g/mol. The van der Waals surface area contributed by atoms with Gasteiger partial charge in [-0.25, -0.2) is 13.6 Å². The maximum absolute atomic E-state index is 12.2. The molecule has 3 N–H and O–H groups in total. The van der Waals surface area contributed by atoms with Crippen molar-refractivity contribution in [2.75, 3.05) is 7.05 Å². The molecule has 1 aromatic heterocycles. The van der Waals surface area contributed by atoms with Gasteiger partial charge in [-0.3, -0.25) is 9.89 Å². The van der Waals surface area contributed by atoms with Crippen LogP contribution in [-0.2, 0) is 10.0 Å². The Hall–Kier alpha value is -1.41. The van der Waals surface area contributed by atoms with Gasteiger partial charge in [-0.1, -0.05) is 0 Å². The summed E-state index contributed by atoms with van der Waals surface area (Å²) in [5.41, 5.74) is 0.159. The number of carbonyl (C=O) groups excluding carboxylic acids is 1. The molecule has 0 aromatic carbocycles. The van der Waals surface area contributed by atoms with Gasteiger partial charge in [0.1, 0.15) is 4.90 Å². The number of nitrogens with one attached hydrogen (secondary N) is 1. The number of H-pyrrole nitrogens is 1. The maximum Gasteiger partial charge on any atom is 0.275 e. The van der Waals surface area contributed by atoms with Crippen molar-refractivity contribution in [2.24, 2.45) is 5.14 Å². The minimum absolute atomic E-state index is 0.121. The van der Waals surface area contributed by atoms with E-state index in [1.54, 1.807) is 7.05 Å². The zero-order valence-corrected chi connectivity index (χ0v) is 11.1. The molecule has 0 radical (unpaired) electrons. The summed E-state index contributed by atoms with van der Waals surface area (Å²) in [6.07, 6.45) is 2.97. The van der Waals surface area contributed by atoms with E-state index in [1.165, 1.54) is 11.8 Å². The summed E-state index contributed by atoms with van der Waals surface area (Å²) in [5, 5.41) is 11.4. The Kier molecular flexibility index (Phi) is 3.16. The molecule has 1 amide bonds. The molecule has 8 heteroatoms. The van der Waals surface area contributed by atoms with Gasteiger partial charge in [-0.05, 0) is 26.2 Å². The zero-order chi connectivity index (χ0) is 13.5. The van der Waals surface area contributed by atoms with Gasteiger partial charge in [0, 0.05) is 13.1 Å². The highest BCUT2D eigenvalue weighted by atomic mass is 32.2. The fourth-order valence-electron chi connectivity index (χ4n) is 2.02. The first-order chi connectivity index (χ1) is 8.32. The second kappa shape index (κ2) is 4.36. The van der Waals surface area contributed by atoms with Gasteiger partial charge >= 0.3 is 0 Å². The largest absolute Gasteiger partial charge is 0.337 e. The second-order valence-electron chi connectivity index (χ2n) is 4.57. The first-order valence-corrected chi connectivity index (χ1v) is 7.22. The molecular formula is C10H16N4O3S. The van der Waals surface area contributed by atoms with Crippen molar-refractivity contribution < 1.29 is 13.2 Å². The SMILES string of the molecule is Cc1[nH]nc(C(=O)N(C)C2CCC2)c1S(N)(=O)=O. The van der Waals surface area contributed by atoms with E-state index in [9.17, 15) is 13.2 Å². The monoisotopic (exact) mass is 272 g/mol. The van der Waals surface area contributed by atoms with Crippen LogP contribution >= 0.6 is 0 Å². The van der Waals surface area contributed by atoms with Crippen molar-refractivity contribution in [1.29, 1.82) is 0 Å². The van der Waals surface area contributed by atoms with Crippen molar-refractivity contribution in [1.82, 2.24) is 15.1 Å². The minimum Gasteiger partial charge on any atom is -0.337 e. The molecule has 7 nitrogen and oxygen atoms in total. The van der Waals surface area contributed by atoms with Crippen LogP contribution in [0.15, 0.2) is 4.90 Å². The number of rotatable bonds is 3. The van der Waals surface area contributed by atoms with E-state index in [2.05, 4.69) is 10.2 Å². The predicted octanol–water partition coefficient (Wildman–Crippen LogP) is -0.00998. The fraction of sp³-hybridized carbons (Fsp3) is 0.600. The Labute approximate surface area is 105 Å². The van der Waals surface area contributed by atoms with Crippen molar-refractivity contribution in [3.63, 3.8) is 0 Å². The van der Waals surface area contributed by atoms with E-state index >= 15 is 0 Å². The Morgan fingerprint density at radius 2 is 2.11 bits per heavy atom. The number of hydrogen-bond acceptors (Lipinski definition) is 4. The molecule has 2 rings (SSSR count). The molecule has 1 aliphatic rings. The van der Waals surface area contributed by atoms with Gasteiger partial charge in [0.25, 0.3) is 5.91 Å². The molecule has 18 heavy (non-hydrogen) atoms. The third-order valence-electron chi connectivity index (χ3n) is 3.32. The molecule has 1 aliphatic carbocycles. The molecule has 0 atom stereocenters. The van der Waals surface area contributed by atoms with E-state index in [0.717, 1.165) is 19.3 Å². The Balaban J connectivity index is 2.36. The van der Waals surface area contributed by atoms with Crippen LogP contribution in [0, 0.1) is 6.92 Å². The van der Waals surface area contributed by atoms with E-state index in [-0.39, 0.29) is 22.3 Å². The van der Waals surface area contributed by atoms with Crippen LogP contribution in [0.5, 0.6) is 0 Å². The van der Waals surface area contributed by atoms with Gasteiger partial charge in [0.05, 0.1) is 5.69 Å². The quantitative estimate of drug-likeness (QED) is 0.806. The predicted molar refractivity (Wildman–Crippen MR) is 64.4 cm³/mol. The van der Waals surface area contributed by atoms with Crippen LogP contribution in [0.25, 0.3) is 0 Å². The van der Waals surface area contributed by atoms with Crippen LogP contribution in [0.1, 0.15) is 35.4 Å². The number of aromatic amines is 1. The van der Waals surface area contributed by atoms with Crippen LogP contribution in [0.2, 0.25) is 0 Å². The number of hydrogen-bond donors (Lipinski definition) is 2. The number of nitrogens with two attached hydrogens (primary N) is 1. The number of carbonyl (C=O) groups is 1. The lowest BCUT2D eigenvalue weighted by Crippen LogP contribution is -2.42. The molecule has 0 unspecified atom stereocenters. The average Bonchev–Trinajstić information content (AvgIpc) is 2.55. The number of sulfonamides is 1. The summed E-state index contributed by atoms with van der Waals surface area (Å²) >= 11 is 0. The molecular weight excluding hydrogens is 256 g/mol. The maximum atomic E-state index is 12.2. The number of nitrogens with zero attached hydrogens (tertiary/aromatic N) is 2. The highest BCUT2D eigenvalue weighted by Crippen LogP contribution is 2.26. The van der Waals surface area contributed by atoms with Crippen molar-refractivity contribution in [3.8, 4) is 0 Å².